The first-order valence-electron chi connectivity index (χ1n) is 33.9. The SMILES string of the molecule is COc1ccc2c(c1)cc(C(=O)N1CCc3ccc(C(=O)NO)cc3CC1)n2C.Cn1c(C(=O)N2CCCc3cc(C(=O)NO)ccc3C2)cc2oc(-c3ccc(C(C)(C)C)cc3)cc21.Cn1c(C(=O)N2CCc3ccc(C(=O)NO)cc3CC2)cc2oc(-c3ccc(C(C)(C)C)cc3)cc21. The van der Waals surface area contributed by atoms with Gasteiger partial charge in [-0.1, -0.05) is 108 Å². The second kappa shape index (κ2) is 28.7. The van der Waals surface area contributed by atoms with Gasteiger partial charge in [-0.25, -0.2) is 16.4 Å². The van der Waals surface area contributed by atoms with Crippen LogP contribution in [0.3, 0.4) is 0 Å². The first kappa shape index (κ1) is 69.9. The number of methoxy groups -OCH3 is 1. The Kier molecular flexibility index (Phi) is 19.8. The number of aryl methyl sites for hydroxylation is 4. The van der Waals surface area contributed by atoms with Gasteiger partial charge in [0.15, 0.2) is 11.2 Å². The number of aromatic nitrogens is 3. The van der Waals surface area contributed by atoms with Crippen molar-refractivity contribution in [3.63, 3.8) is 0 Å². The lowest BCUT2D eigenvalue weighted by Crippen LogP contribution is -2.34. The zero-order valence-electron chi connectivity index (χ0n) is 58.6. The summed E-state index contributed by atoms with van der Waals surface area (Å²) in [5.74, 6) is 0.613. The average Bonchev–Trinajstić information content (AvgIpc) is 1.63. The molecule has 14 rings (SSSR count). The minimum atomic E-state index is -0.536. The van der Waals surface area contributed by atoms with Crippen LogP contribution in [0.15, 0.2) is 160 Å². The van der Waals surface area contributed by atoms with Gasteiger partial charge in [0, 0.05) is 123 Å². The molecule has 101 heavy (non-hydrogen) atoms. The number of ether oxygens (including phenoxy) is 1. The predicted octanol–water partition coefficient (Wildman–Crippen LogP) is 13.1. The highest BCUT2D eigenvalue weighted by Crippen LogP contribution is 2.36. The van der Waals surface area contributed by atoms with E-state index >= 15 is 0 Å². The lowest BCUT2D eigenvalue weighted by atomic mass is 9.86. The molecule has 11 aromatic rings. The third kappa shape index (κ3) is 14.6. The summed E-state index contributed by atoms with van der Waals surface area (Å²) in [6.07, 6.45) is 4.28. The second-order valence-electron chi connectivity index (χ2n) is 28.3. The van der Waals surface area contributed by atoms with Crippen LogP contribution in [0, 0.1) is 0 Å². The lowest BCUT2D eigenvalue weighted by molar-refractivity contribution is 0.0702. The van der Waals surface area contributed by atoms with Crippen LogP contribution in [-0.4, -0.2) is 119 Å². The number of amides is 6. The highest BCUT2D eigenvalue weighted by molar-refractivity contribution is 6.01. The van der Waals surface area contributed by atoms with Crippen LogP contribution in [0.5, 0.6) is 5.75 Å². The number of carbonyl (C=O) groups is 6. The number of carbonyl (C=O) groups excluding carboxylic acids is 6. The largest absolute Gasteiger partial charge is 0.497 e. The van der Waals surface area contributed by atoms with Crippen molar-refractivity contribution in [3.05, 3.63) is 230 Å². The number of hydrogen-bond acceptors (Lipinski definition) is 12. The molecule has 6 N–H and O–H groups in total. The van der Waals surface area contributed by atoms with Crippen LogP contribution >= 0.6 is 0 Å². The fraction of sp³-hybridized carbons (Fsp3) is 0.300. The molecule has 0 radical (unpaired) electrons. The molecule has 3 aliphatic heterocycles. The van der Waals surface area contributed by atoms with E-state index in [-0.39, 0.29) is 28.6 Å². The number of furan rings is 2. The Labute approximate surface area is 585 Å². The zero-order chi connectivity index (χ0) is 71.8. The molecular formula is C80H85N9O12. The maximum absolute atomic E-state index is 13.5. The van der Waals surface area contributed by atoms with Gasteiger partial charge in [-0.15, -0.1) is 0 Å². The Morgan fingerprint density at radius 3 is 1.20 bits per heavy atom. The molecule has 0 atom stereocenters. The molecule has 3 aliphatic rings. The monoisotopic (exact) mass is 1360 g/mol. The highest BCUT2D eigenvalue weighted by Gasteiger charge is 2.29. The summed E-state index contributed by atoms with van der Waals surface area (Å²) in [6.45, 7) is 16.6. The van der Waals surface area contributed by atoms with Crippen molar-refractivity contribution in [1.29, 1.82) is 0 Å². The molecule has 0 saturated carbocycles. The molecule has 0 saturated heterocycles. The summed E-state index contributed by atoms with van der Waals surface area (Å²) in [5, 5.41) is 27.6. The van der Waals surface area contributed by atoms with Crippen molar-refractivity contribution < 1.29 is 58.0 Å². The van der Waals surface area contributed by atoms with Crippen LogP contribution in [0.1, 0.15) is 155 Å². The van der Waals surface area contributed by atoms with Crippen molar-refractivity contribution in [3.8, 4) is 28.4 Å². The maximum atomic E-state index is 13.5. The van der Waals surface area contributed by atoms with E-state index in [4.69, 9.17) is 29.2 Å². The predicted molar refractivity (Wildman–Crippen MR) is 385 cm³/mol. The molecule has 21 heteroatoms. The van der Waals surface area contributed by atoms with Gasteiger partial charge in [-0.2, -0.15) is 0 Å². The number of benzene rings is 6. The smallest absolute Gasteiger partial charge is 0.274 e. The van der Waals surface area contributed by atoms with Gasteiger partial charge < -0.3 is 42.0 Å². The molecule has 0 fully saturated rings. The van der Waals surface area contributed by atoms with E-state index in [1.165, 1.54) is 11.1 Å². The maximum Gasteiger partial charge on any atom is 0.274 e. The van der Waals surface area contributed by atoms with E-state index in [0.717, 1.165) is 103 Å². The van der Waals surface area contributed by atoms with E-state index in [9.17, 15) is 28.8 Å². The molecule has 6 amide bonds. The first-order valence-corrected chi connectivity index (χ1v) is 33.9. The summed E-state index contributed by atoms with van der Waals surface area (Å²) < 4.78 is 23.3. The van der Waals surface area contributed by atoms with Gasteiger partial charge in [0.1, 0.15) is 34.4 Å². The Hall–Kier alpha value is -11.0. The van der Waals surface area contributed by atoms with Gasteiger partial charge in [0.2, 0.25) is 0 Å². The highest BCUT2D eigenvalue weighted by atomic mass is 16.5. The van der Waals surface area contributed by atoms with Gasteiger partial charge in [0.05, 0.1) is 18.1 Å². The number of rotatable bonds is 9. The Bertz CT molecular complexity index is 4990. The number of hydrogen-bond donors (Lipinski definition) is 6. The van der Waals surface area contributed by atoms with Gasteiger partial charge in [0.25, 0.3) is 35.4 Å². The molecule has 522 valence electrons. The first-order chi connectivity index (χ1) is 48.3. The summed E-state index contributed by atoms with van der Waals surface area (Å²) >= 11 is 0. The Morgan fingerprint density at radius 1 is 0.406 bits per heavy atom. The van der Waals surface area contributed by atoms with Crippen LogP contribution in [0.4, 0.5) is 0 Å². The van der Waals surface area contributed by atoms with Crippen molar-refractivity contribution in [2.24, 2.45) is 21.1 Å². The molecule has 5 aromatic heterocycles. The summed E-state index contributed by atoms with van der Waals surface area (Å²) in [4.78, 5) is 81.0. The van der Waals surface area contributed by atoms with E-state index in [0.29, 0.717) is 103 Å². The number of hydroxylamine groups is 3. The summed E-state index contributed by atoms with van der Waals surface area (Å²) in [6, 6.07) is 48.2. The third-order valence-electron chi connectivity index (χ3n) is 19.9. The molecule has 0 bridgehead atoms. The third-order valence-corrected chi connectivity index (χ3v) is 19.9. The van der Waals surface area contributed by atoms with Gasteiger partial charge in [-0.05, 0) is 155 Å². The molecule has 8 heterocycles. The molecule has 0 spiro atoms. The standard InChI is InChI=1S/2C29H31N3O4.C22H23N3O4/c1-29(2,3)22-9-7-19(8-10-22)25-16-23-26(36-25)17-24(31(23)4)28(34)32-13-11-18-5-6-21(27(33)30-35)15-20(18)12-14-32;1-29(2,3)22-11-9-18(10-12-22)25-15-23-26(36-25)16-24(31(23)4)28(34)32-13-5-6-19-14-20(27(33)30-35)7-8-21(19)17-32;1-24-19-6-5-18(29-2)12-17(19)13-20(24)22(27)25-9-7-14-3-4-16(21(26)23-28)11-15(14)8-10-25/h5-10,15-17,35H,11-14H2,1-4H3,(H,30,33);7-12,14-16,35H,5-6,13,17H2,1-4H3,(H,30,33);3-6,11-13,28H,7-10H2,1-2H3,(H,23,26). The van der Waals surface area contributed by atoms with E-state index in [2.05, 4.69) is 90.1 Å². The zero-order valence-corrected chi connectivity index (χ0v) is 58.6. The van der Waals surface area contributed by atoms with E-state index < -0.39 is 17.7 Å². The number of fused-ring (bicyclic) bond motifs is 6. The molecular weight excluding hydrogens is 1280 g/mol. The topological polar surface area (TPSA) is 259 Å². The van der Waals surface area contributed by atoms with Crippen LogP contribution in [-0.2, 0) is 70.6 Å². The van der Waals surface area contributed by atoms with E-state index in [1.54, 1.807) is 59.9 Å². The fourth-order valence-corrected chi connectivity index (χ4v) is 13.7. The van der Waals surface area contributed by atoms with Gasteiger partial charge >= 0.3 is 0 Å². The Morgan fingerprint density at radius 2 is 0.792 bits per heavy atom. The molecule has 6 aromatic carbocycles. The minimum absolute atomic E-state index is 0.0104. The minimum Gasteiger partial charge on any atom is -0.497 e. The average molecular weight is 1360 g/mol. The van der Waals surface area contributed by atoms with Crippen molar-refractivity contribution in [1.82, 2.24) is 44.8 Å². The van der Waals surface area contributed by atoms with Crippen LogP contribution in [0.25, 0.3) is 55.7 Å². The lowest BCUT2D eigenvalue weighted by Gasteiger charge is -2.21. The van der Waals surface area contributed by atoms with Gasteiger partial charge in [-0.3, -0.25) is 44.4 Å². The molecule has 0 unspecified atom stereocenters. The second-order valence-corrected chi connectivity index (χ2v) is 28.3. The summed E-state index contributed by atoms with van der Waals surface area (Å²) in [7, 11) is 7.31. The molecule has 21 nitrogen and oxygen atoms in total. The van der Waals surface area contributed by atoms with E-state index in [1.807, 2.05) is 116 Å². The van der Waals surface area contributed by atoms with Crippen molar-refractivity contribution in [2.75, 3.05) is 39.8 Å². The Balaban J connectivity index is 0.000000144. The number of nitrogens with zero attached hydrogens (tertiary/aromatic N) is 6. The van der Waals surface area contributed by atoms with Crippen LogP contribution in [0.2, 0.25) is 0 Å². The number of nitrogens with one attached hydrogen (secondary N) is 3. The van der Waals surface area contributed by atoms with Crippen molar-refractivity contribution >= 4 is 68.5 Å². The quantitative estimate of drug-likeness (QED) is 0.0582. The van der Waals surface area contributed by atoms with Crippen LogP contribution < -0.4 is 21.2 Å². The summed E-state index contributed by atoms with van der Waals surface area (Å²) in [5.41, 5.74) is 23.2. The normalized spacial score (nSPS) is 13.9. The fourth-order valence-electron chi connectivity index (χ4n) is 13.7. The van der Waals surface area contributed by atoms with Crippen molar-refractivity contribution in [2.45, 2.75) is 97.4 Å². The molecule has 0 aliphatic carbocycles.